The Balaban J connectivity index is 1.39. The zero-order valence-electron chi connectivity index (χ0n) is 18.0. The van der Waals surface area contributed by atoms with Gasteiger partial charge in [0.15, 0.2) is 11.5 Å². The third-order valence-electron chi connectivity index (χ3n) is 5.80. The molecule has 0 unspecified atom stereocenters. The first-order valence-corrected chi connectivity index (χ1v) is 11.7. The smallest absolute Gasteiger partial charge is 0.341 e. The highest BCUT2D eigenvalue weighted by atomic mass is 32.1. The Kier molecular flexibility index (Phi) is 5.46. The lowest BCUT2D eigenvalue weighted by atomic mass is 9.95. The minimum absolute atomic E-state index is 0.154. The highest BCUT2D eigenvalue weighted by molar-refractivity contribution is 7.17. The molecule has 5 rings (SSSR count). The lowest BCUT2D eigenvalue weighted by molar-refractivity contribution is 0.0526. The standard InChI is InChI=1S/C24H24N2O5S/c1-3-29-24(28)21-16-6-4-5-7-20(16)32-23(21)25-22(27)17-12-19(31-26-17)14-8-9-18-15(11-14)10-13(2)30-18/h8-9,11-13H,3-7,10H2,1-2H3,(H,25,27)/t13-/m0/s1. The van der Waals surface area contributed by atoms with Gasteiger partial charge < -0.3 is 19.3 Å². The van der Waals surface area contributed by atoms with Gasteiger partial charge in [-0.2, -0.15) is 0 Å². The maximum absolute atomic E-state index is 12.9. The SMILES string of the molecule is CCOC(=O)c1c(NC(=O)c2cc(-c3ccc4c(c3)C[C@H](C)O4)on2)sc2c1CCCC2. The van der Waals surface area contributed by atoms with Crippen molar-refractivity contribution in [3.63, 3.8) is 0 Å². The van der Waals surface area contributed by atoms with Crippen LogP contribution in [0.25, 0.3) is 11.3 Å². The summed E-state index contributed by atoms with van der Waals surface area (Å²) in [6, 6.07) is 7.44. The highest BCUT2D eigenvalue weighted by Crippen LogP contribution is 2.39. The number of carbonyl (C=O) groups excluding carboxylic acids is 2. The number of aromatic nitrogens is 1. The van der Waals surface area contributed by atoms with E-state index in [1.165, 1.54) is 11.3 Å². The second-order valence-electron chi connectivity index (χ2n) is 8.12. The molecule has 0 bridgehead atoms. The molecule has 32 heavy (non-hydrogen) atoms. The third kappa shape index (κ3) is 3.79. The van der Waals surface area contributed by atoms with Gasteiger partial charge in [0.05, 0.1) is 12.2 Å². The predicted octanol–water partition coefficient (Wildman–Crippen LogP) is 5.03. The van der Waals surface area contributed by atoms with Crippen LogP contribution in [0.1, 0.15) is 63.5 Å². The molecule has 0 radical (unpaired) electrons. The molecule has 1 amide bonds. The summed E-state index contributed by atoms with van der Waals surface area (Å²) < 4.78 is 16.5. The average Bonchev–Trinajstić information content (AvgIpc) is 3.48. The molecule has 0 saturated carbocycles. The Morgan fingerprint density at radius 3 is 2.94 bits per heavy atom. The number of nitrogens with zero attached hydrogens (tertiary/aromatic N) is 1. The van der Waals surface area contributed by atoms with E-state index in [-0.39, 0.29) is 18.4 Å². The van der Waals surface area contributed by atoms with E-state index in [0.717, 1.165) is 59.4 Å². The third-order valence-corrected chi connectivity index (χ3v) is 7.01. The zero-order valence-corrected chi connectivity index (χ0v) is 18.8. The van der Waals surface area contributed by atoms with Crippen molar-refractivity contribution in [3.8, 4) is 17.1 Å². The fourth-order valence-corrected chi connectivity index (χ4v) is 5.61. The molecule has 0 saturated heterocycles. The van der Waals surface area contributed by atoms with Crippen LogP contribution >= 0.6 is 11.3 Å². The van der Waals surface area contributed by atoms with Crippen molar-refractivity contribution in [1.29, 1.82) is 0 Å². The molecule has 1 aliphatic heterocycles. The van der Waals surface area contributed by atoms with Crippen molar-refractivity contribution in [1.82, 2.24) is 5.16 Å². The fourth-order valence-electron chi connectivity index (χ4n) is 4.33. The number of nitrogens with one attached hydrogen (secondary N) is 1. The summed E-state index contributed by atoms with van der Waals surface area (Å²) in [6.07, 6.45) is 4.84. The van der Waals surface area contributed by atoms with Gasteiger partial charge in [0.1, 0.15) is 16.9 Å². The summed E-state index contributed by atoms with van der Waals surface area (Å²) >= 11 is 1.45. The number of amides is 1. The molecule has 3 aromatic rings. The number of fused-ring (bicyclic) bond motifs is 2. The van der Waals surface area contributed by atoms with Crippen LogP contribution in [0.5, 0.6) is 5.75 Å². The van der Waals surface area contributed by atoms with E-state index in [1.807, 2.05) is 25.1 Å². The number of rotatable bonds is 5. The predicted molar refractivity (Wildman–Crippen MR) is 121 cm³/mol. The van der Waals surface area contributed by atoms with E-state index in [9.17, 15) is 9.59 Å². The maximum Gasteiger partial charge on any atom is 0.341 e. The largest absolute Gasteiger partial charge is 0.490 e. The average molecular weight is 453 g/mol. The van der Waals surface area contributed by atoms with E-state index in [0.29, 0.717) is 16.3 Å². The number of thiophene rings is 1. The van der Waals surface area contributed by atoms with Crippen molar-refractivity contribution in [2.24, 2.45) is 0 Å². The molecule has 2 aromatic heterocycles. The molecule has 0 fully saturated rings. The second kappa shape index (κ2) is 8.43. The molecule has 1 aromatic carbocycles. The monoisotopic (exact) mass is 452 g/mol. The molecule has 0 spiro atoms. The Morgan fingerprint density at radius 2 is 2.09 bits per heavy atom. The van der Waals surface area contributed by atoms with Crippen molar-refractivity contribution in [3.05, 3.63) is 51.5 Å². The summed E-state index contributed by atoms with van der Waals surface area (Å²) in [6.45, 7) is 4.09. The van der Waals surface area contributed by atoms with Crippen LogP contribution in [0.15, 0.2) is 28.8 Å². The number of anilines is 1. The van der Waals surface area contributed by atoms with Gasteiger partial charge >= 0.3 is 5.97 Å². The first kappa shape index (κ1) is 20.8. The molecule has 1 aliphatic carbocycles. The van der Waals surface area contributed by atoms with Gasteiger partial charge in [-0.15, -0.1) is 11.3 Å². The zero-order chi connectivity index (χ0) is 22.2. The van der Waals surface area contributed by atoms with Crippen molar-refractivity contribution >= 4 is 28.2 Å². The first-order chi connectivity index (χ1) is 15.5. The lowest BCUT2D eigenvalue weighted by Gasteiger charge is -2.12. The van der Waals surface area contributed by atoms with E-state index >= 15 is 0 Å². The number of hydrogen-bond donors (Lipinski definition) is 1. The summed E-state index contributed by atoms with van der Waals surface area (Å²) in [5, 5.41) is 7.35. The molecule has 3 heterocycles. The molecule has 8 heteroatoms. The molecular formula is C24H24N2O5S. The van der Waals surface area contributed by atoms with Gasteiger partial charge in [-0.05, 0) is 68.9 Å². The minimum atomic E-state index is -0.415. The molecule has 2 aliphatic rings. The van der Waals surface area contributed by atoms with Crippen LogP contribution in [-0.2, 0) is 24.0 Å². The molecule has 7 nitrogen and oxygen atoms in total. The van der Waals surface area contributed by atoms with Crippen LogP contribution in [0.2, 0.25) is 0 Å². The quantitative estimate of drug-likeness (QED) is 0.546. The van der Waals surface area contributed by atoms with Gasteiger partial charge in [-0.25, -0.2) is 4.79 Å². The van der Waals surface area contributed by atoms with Crippen LogP contribution in [-0.4, -0.2) is 29.7 Å². The molecule has 1 atom stereocenters. The van der Waals surface area contributed by atoms with Crippen LogP contribution < -0.4 is 10.1 Å². The Morgan fingerprint density at radius 1 is 1.25 bits per heavy atom. The molecular weight excluding hydrogens is 428 g/mol. The summed E-state index contributed by atoms with van der Waals surface area (Å²) in [5.41, 5.74) is 3.60. The number of carbonyl (C=O) groups is 2. The number of benzene rings is 1. The van der Waals surface area contributed by atoms with Gasteiger partial charge in [0.2, 0.25) is 0 Å². The Bertz CT molecular complexity index is 1200. The van der Waals surface area contributed by atoms with Crippen molar-refractivity contribution in [2.45, 2.75) is 52.1 Å². The second-order valence-corrected chi connectivity index (χ2v) is 9.23. The highest BCUT2D eigenvalue weighted by Gasteiger charge is 2.28. The topological polar surface area (TPSA) is 90.7 Å². The molecule has 166 valence electrons. The summed E-state index contributed by atoms with van der Waals surface area (Å²) in [5.74, 6) is 0.584. The number of esters is 1. The summed E-state index contributed by atoms with van der Waals surface area (Å²) in [7, 11) is 0. The lowest BCUT2D eigenvalue weighted by Crippen LogP contribution is -2.16. The van der Waals surface area contributed by atoms with E-state index in [2.05, 4.69) is 10.5 Å². The first-order valence-electron chi connectivity index (χ1n) is 10.9. The van der Waals surface area contributed by atoms with Gasteiger partial charge in [0.25, 0.3) is 5.91 Å². The minimum Gasteiger partial charge on any atom is -0.490 e. The van der Waals surface area contributed by atoms with Gasteiger partial charge in [0, 0.05) is 22.9 Å². The van der Waals surface area contributed by atoms with Crippen molar-refractivity contribution in [2.75, 3.05) is 11.9 Å². The van der Waals surface area contributed by atoms with Crippen LogP contribution in [0.4, 0.5) is 5.00 Å². The van der Waals surface area contributed by atoms with Gasteiger partial charge in [-0.3, -0.25) is 4.79 Å². The van der Waals surface area contributed by atoms with E-state index < -0.39 is 11.9 Å². The van der Waals surface area contributed by atoms with Crippen LogP contribution in [0, 0.1) is 0 Å². The number of ether oxygens (including phenoxy) is 2. The normalized spacial score (nSPS) is 16.8. The molecule has 1 N–H and O–H groups in total. The maximum atomic E-state index is 12.9. The number of hydrogen-bond acceptors (Lipinski definition) is 7. The van der Waals surface area contributed by atoms with Gasteiger partial charge in [-0.1, -0.05) is 5.16 Å². The van der Waals surface area contributed by atoms with Crippen molar-refractivity contribution < 1.29 is 23.6 Å². The van der Waals surface area contributed by atoms with E-state index in [1.54, 1.807) is 13.0 Å². The fraction of sp³-hybridized carbons (Fsp3) is 0.375. The van der Waals surface area contributed by atoms with E-state index in [4.69, 9.17) is 14.0 Å². The Labute approximate surface area is 189 Å². The number of aryl methyl sites for hydroxylation is 1. The summed E-state index contributed by atoms with van der Waals surface area (Å²) in [4.78, 5) is 26.7. The van der Waals surface area contributed by atoms with Crippen LogP contribution in [0.3, 0.4) is 0 Å². The Hall–Kier alpha value is -3.13.